The molecule has 0 radical (unpaired) electrons. The van der Waals surface area contributed by atoms with Crippen LogP contribution in [0.4, 0.5) is 5.82 Å². The zero-order valence-electron chi connectivity index (χ0n) is 12.0. The monoisotopic (exact) mass is 274 g/mol. The highest BCUT2D eigenvalue weighted by Crippen LogP contribution is 2.32. The standard InChI is InChI=1S/C16H22N2O2/c1-10(11-6-4-7-11)17-15-13(16(19)20)9-12-5-2-3-8-14(12)18-15/h9-11H,2-8H2,1H3,(H,17,18)(H,19,20). The molecular weight excluding hydrogens is 252 g/mol. The number of carbonyl (C=O) groups is 1. The Morgan fingerprint density at radius 1 is 1.35 bits per heavy atom. The number of aromatic carboxylic acids is 1. The number of pyridine rings is 1. The van der Waals surface area contributed by atoms with Crippen LogP contribution in [0, 0.1) is 5.92 Å². The van der Waals surface area contributed by atoms with E-state index in [4.69, 9.17) is 0 Å². The summed E-state index contributed by atoms with van der Waals surface area (Å²) < 4.78 is 0. The van der Waals surface area contributed by atoms with Gasteiger partial charge in [-0.1, -0.05) is 6.42 Å². The first-order valence-electron chi connectivity index (χ1n) is 7.68. The van der Waals surface area contributed by atoms with Crippen LogP contribution >= 0.6 is 0 Å². The summed E-state index contributed by atoms with van der Waals surface area (Å²) in [4.78, 5) is 16.1. The van der Waals surface area contributed by atoms with E-state index in [-0.39, 0.29) is 0 Å². The predicted molar refractivity (Wildman–Crippen MR) is 78.3 cm³/mol. The quantitative estimate of drug-likeness (QED) is 0.884. The van der Waals surface area contributed by atoms with Crippen LogP contribution in [0.1, 0.15) is 60.6 Å². The van der Waals surface area contributed by atoms with Crippen molar-refractivity contribution in [3.05, 3.63) is 22.9 Å². The van der Waals surface area contributed by atoms with E-state index in [1.165, 1.54) is 19.3 Å². The molecule has 2 N–H and O–H groups in total. The molecule has 0 saturated heterocycles. The lowest BCUT2D eigenvalue weighted by molar-refractivity contribution is 0.0697. The maximum Gasteiger partial charge on any atom is 0.339 e. The van der Waals surface area contributed by atoms with Crippen molar-refractivity contribution >= 4 is 11.8 Å². The molecule has 0 aliphatic heterocycles. The van der Waals surface area contributed by atoms with Crippen molar-refractivity contribution in [1.29, 1.82) is 0 Å². The van der Waals surface area contributed by atoms with Gasteiger partial charge in [0.25, 0.3) is 0 Å². The minimum absolute atomic E-state index is 0.302. The fraction of sp³-hybridized carbons (Fsp3) is 0.625. The first kappa shape index (κ1) is 13.4. The summed E-state index contributed by atoms with van der Waals surface area (Å²) >= 11 is 0. The van der Waals surface area contributed by atoms with Crippen LogP contribution in [-0.2, 0) is 12.8 Å². The van der Waals surface area contributed by atoms with Crippen LogP contribution in [0.25, 0.3) is 0 Å². The second-order valence-electron chi connectivity index (χ2n) is 6.13. The van der Waals surface area contributed by atoms with Gasteiger partial charge in [-0.2, -0.15) is 0 Å². The summed E-state index contributed by atoms with van der Waals surface area (Å²) in [7, 11) is 0. The molecule has 1 fully saturated rings. The summed E-state index contributed by atoms with van der Waals surface area (Å²) in [5.74, 6) is 0.348. The number of nitrogens with zero attached hydrogens (tertiary/aromatic N) is 1. The SMILES string of the molecule is CC(Nc1nc2c(cc1C(=O)O)CCCC2)C1CCC1. The molecule has 0 amide bonds. The van der Waals surface area contributed by atoms with Crippen molar-refractivity contribution in [3.8, 4) is 0 Å². The second-order valence-corrected chi connectivity index (χ2v) is 6.13. The summed E-state index contributed by atoms with van der Waals surface area (Å²) in [6.07, 6.45) is 7.99. The molecule has 4 nitrogen and oxygen atoms in total. The van der Waals surface area contributed by atoms with Gasteiger partial charge in [-0.15, -0.1) is 0 Å². The number of carboxylic acids is 1. The molecule has 2 aliphatic carbocycles. The van der Waals surface area contributed by atoms with E-state index in [0.29, 0.717) is 23.3 Å². The molecule has 3 rings (SSSR count). The zero-order chi connectivity index (χ0) is 14.1. The molecule has 4 heteroatoms. The molecule has 1 unspecified atom stereocenters. The average molecular weight is 274 g/mol. The lowest BCUT2D eigenvalue weighted by Crippen LogP contribution is -2.32. The Morgan fingerprint density at radius 2 is 2.10 bits per heavy atom. The van der Waals surface area contributed by atoms with Crippen LogP contribution in [0.2, 0.25) is 0 Å². The summed E-state index contributed by atoms with van der Waals surface area (Å²) in [5, 5.41) is 12.8. The first-order valence-corrected chi connectivity index (χ1v) is 7.68. The molecule has 0 spiro atoms. The van der Waals surface area contributed by atoms with Crippen molar-refractivity contribution in [3.63, 3.8) is 0 Å². The summed E-state index contributed by atoms with van der Waals surface area (Å²) in [6, 6.07) is 2.13. The van der Waals surface area contributed by atoms with Gasteiger partial charge in [0, 0.05) is 11.7 Å². The minimum atomic E-state index is -0.880. The van der Waals surface area contributed by atoms with Gasteiger partial charge in [0.2, 0.25) is 0 Å². The highest BCUT2D eigenvalue weighted by molar-refractivity contribution is 5.93. The van der Waals surface area contributed by atoms with Crippen molar-refractivity contribution in [1.82, 2.24) is 4.98 Å². The van der Waals surface area contributed by atoms with Crippen molar-refractivity contribution < 1.29 is 9.90 Å². The van der Waals surface area contributed by atoms with Gasteiger partial charge < -0.3 is 10.4 Å². The minimum Gasteiger partial charge on any atom is -0.478 e. The van der Waals surface area contributed by atoms with Gasteiger partial charge >= 0.3 is 5.97 Å². The van der Waals surface area contributed by atoms with E-state index in [2.05, 4.69) is 17.2 Å². The van der Waals surface area contributed by atoms with E-state index in [0.717, 1.165) is 36.9 Å². The largest absolute Gasteiger partial charge is 0.478 e. The van der Waals surface area contributed by atoms with E-state index >= 15 is 0 Å². The Labute approximate surface area is 119 Å². The highest BCUT2D eigenvalue weighted by Gasteiger charge is 2.26. The number of hydrogen-bond donors (Lipinski definition) is 2. The number of fused-ring (bicyclic) bond motifs is 1. The van der Waals surface area contributed by atoms with E-state index in [1.807, 2.05) is 6.07 Å². The third-order valence-corrected chi connectivity index (χ3v) is 4.75. The van der Waals surface area contributed by atoms with Gasteiger partial charge in [0.1, 0.15) is 11.4 Å². The average Bonchev–Trinajstić information content (AvgIpc) is 2.35. The number of hydrogen-bond acceptors (Lipinski definition) is 3. The highest BCUT2D eigenvalue weighted by atomic mass is 16.4. The fourth-order valence-electron chi connectivity index (χ4n) is 3.18. The Bertz CT molecular complexity index is 523. The Kier molecular flexibility index (Phi) is 3.64. The van der Waals surface area contributed by atoms with E-state index in [1.54, 1.807) is 0 Å². The molecule has 0 bridgehead atoms. The number of carboxylic acid groups (broad SMARTS) is 1. The smallest absolute Gasteiger partial charge is 0.339 e. The molecule has 2 aliphatic rings. The number of nitrogens with one attached hydrogen (secondary N) is 1. The van der Waals surface area contributed by atoms with Crippen LogP contribution < -0.4 is 5.32 Å². The number of anilines is 1. The number of aryl methyl sites for hydroxylation is 2. The fourth-order valence-corrected chi connectivity index (χ4v) is 3.18. The lowest BCUT2D eigenvalue weighted by atomic mass is 9.80. The Balaban J connectivity index is 1.88. The maximum absolute atomic E-state index is 11.5. The summed E-state index contributed by atoms with van der Waals surface area (Å²) in [6.45, 7) is 2.14. The lowest BCUT2D eigenvalue weighted by Gasteiger charge is -2.32. The van der Waals surface area contributed by atoms with Crippen molar-refractivity contribution in [2.45, 2.75) is 57.9 Å². The third kappa shape index (κ3) is 2.51. The maximum atomic E-state index is 11.5. The van der Waals surface area contributed by atoms with Gasteiger partial charge in [-0.25, -0.2) is 9.78 Å². The molecule has 1 atom stereocenters. The molecule has 0 aromatic carbocycles. The molecule has 20 heavy (non-hydrogen) atoms. The molecule has 1 saturated carbocycles. The van der Waals surface area contributed by atoms with Gasteiger partial charge in [-0.05, 0) is 63.0 Å². The van der Waals surface area contributed by atoms with Crippen molar-refractivity contribution in [2.75, 3.05) is 5.32 Å². The van der Waals surface area contributed by atoms with Crippen LogP contribution in [0.15, 0.2) is 6.07 Å². The molecular formula is C16H22N2O2. The topological polar surface area (TPSA) is 62.2 Å². The predicted octanol–water partition coefficient (Wildman–Crippen LogP) is 3.26. The number of aromatic nitrogens is 1. The normalized spacial score (nSPS) is 19.9. The molecule has 1 heterocycles. The van der Waals surface area contributed by atoms with Gasteiger partial charge in [0.15, 0.2) is 0 Å². The number of rotatable bonds is 4. The van der Waals surface area contributed by atoms with Crippen LogP contribution in [-0.4, -0.2) is 22.1 Å². The zero-order valence-corrected chi connectivity index (χ0v) is 12.0. The second kappa shape index (κ2) is 5.43. The Hall–Kier alpha value is -1.58. The summed E-state index contributed by atoms with van der Waals surface area (Å²) in [5.41, 5.74) is 2.54. The van der Waals surface area contributed by atoms with Gasteiger partial charge in [0.05, 0.1) is 0 Å². The van der Waals surface area contributed by atoms with E-state index < -0.39 is 5.97 Å². The van der Waals surface area contributed by atoms with E-state index in [9.17, 15) is 9.90 Å². The van der Waals surface area contributed by atoms with Gasteiger partial charge in [-0.3, -0.25) is 0 Å². The van der Waals surface area contributed by atoms with Crippen LogP contribution in [0.5, 0.6) is 0 Å². The molecule has 1 aromatic heterocycles. The Morgan fingerprint density at radius 3 is 2.75 bits per heavy atom. The van der Waals surface area contributed by atoms with Crippen LogP contribution in [0.3, 0.4) is 0 Å². The third-order valence-electron chi connectivity index (χ3n) is 4.75. The molecule has 1 aromatic rings. The first-order chi connectivity index (χ1) is 9.65. The molecule has 108 valence electrons. The van der Waals surface area contributed by atoms with Crippen molar-refractivity contribution in [2.24, 2.45) is 5.92 Å².